The minimum Gasteiger partial charge on any atom is -0.339 e. The molecular formula is C22H32ClN3O2. The Morgan fingerprint density at radius 2 is 1.64 bits per heavy atom. The van der Waals surface area contributed by atoms with Gasteiger partial charge in [0.15, 0.2) is 0 Å². The minimum absolute atomic E-state index is 0. The lowest BCUT2D eigenvalue weighted by atomic mass is 9.84. The Morgan fingerprint density at radius 1 is 1.00 bits per heavy atom. The highest BCUT2D eigenvalue weighted by molar-refractivity contribution is 5.96. The largest absolute Gasteiger partial charge is 0.339 e. The molecule has 154 valence electrons. The lowest BCUT2D eigenvalue weighted by Crippen LogP contribution is -2.42. The third kappa shape index (κ3) is 4.06. The van der Waals surface area contributed by atoms with Gasteiger partial charge in [0, 0.05) is 30.4 Å². The molecule has 4 unspecified atom stereocenters. The third-order valence-electron chi connectivity index (χ3n) is 7.13. The van der Waals surface area contributed by atoms with Crippen molar-refractivity contribution in [3.63, 3.8) is 0 Å². The number of carbonyl (C=O) groups is 2. The van der Waals surface area contributed by atoms with Crippen LogP contribution in [0.4, 0.5) is 5.69 Å². The first-order valence-corrected chi connectivity index (χ1v) is 10.5. The Labute approximate surface area is 173 Å². The molecule has 28 heavy (non-hydrogen) atoms. The van der Waals surface area contributed by atoms with E-state index >= 15 is 0 Å². The number of fused-ring (bicyclic) bond motifs is 2. The van der Waals surface area contributed by atoms with Gasteiger partial charge in [-0.25, -0.2) is 0 Å². The van der Waals surface area contributed by atoms with Gasteiger partial charge in [-0.2, -0.15) is 0 Å². The zero-order valence-electron chi connectivity index (χ0n) is 16.6. The van der Waals surface area contributed by atoms with Crippen molar-refractivity contribution in [2.75, 3.05) is 12.4 Å². The second-order valence-electron chi connectivity index (χ2n) is 8.71. The van der Waals surface area contributed by atoms with Crippen molar-refractivity contribution in [3.8, 4) is 0 Å². The molecule has 0 aromatic heterocycles. The highest BCUT2D eigenvalue weighted by atomic mass is 35.5. The number of benzene rings is 1. The zero-order chi connectivity index (χ0) is 19.0. The summed E-state index contributed by atoms with van der Waals surface area (Å²) in [6.45, 7) is 0. The van der Waals surface area contributed by atoms with E-state index in [4.69, 9.17) is 5.73 Å². The molecule has 3 aliphatic carbocycles. The van der Waals surface area contributed by atoms with E-state index in [1.165, 1.54) is 25.7 Å². The summed E-state index contributed by atoms with van der Waals surface area (Å²) in [5.41, 5.74) is 7.70. The number of halogens is 1. The van der Waals surface area contributed by atoms with Crippen LogP contribution in [0.5, 0.6) is 0 Å². The van der Waals surface area contributed by atoms with Crippen LogP contribution in [0.1, 0.15) is 61.7 Å². The predicted octanol–water partition coefficient (Wildman–Crippen LogP) is 3.83. The number of nitrogens with two attached hydrogens (primary N) is 1. The van der Waals surface area contributed by atoms with Crippen molar-refractivity contribution < 1.29 is 9.59 Å². The molecule has 0 spiro atoms. The number of rotatable bonds is 4. The predicted molar refractivity (Wildman–Crippen MR) is 114 cm³/mol. The van der Waals surface area contributed by atoms with Crippen molar-refractivity contribution in [3.05, 3.63) is 29.8 Å². The van der Waals surface area contributed by atoms with Crippen molar-refractivity contribution in [1.29, 1.82) is 0 Å². The monoisotopic (exact) mass is 405 g/mol. The fraction of sp³-hybridized carbons (Fsp3) is 0.636. The summed E-state index contributed by atoms with van der Waals surface area (Å²) in [6, 6.07) is 7.64. The van der Waals surface area contributed by atoms with Crippen LogP contribution < -0.4 is 11.1 Å². The molecule has 4 atom stereocenters. The van der Waals surface area contributed by atoms with E-state index < -0.39 is 0 Å². The molecule has 3 N–H and O–H groups in total. The molecule has 0 heterocycles. The summed E-state index contributed by atoms with van der Waals surface area (Å²) >= 11 is 0. The van der Waals surface area contributed by atoms with Crippen LogP contribution in [0, 0.1) is 17.8 Å². The Kier molecular flexibility index (Phi) is 6.66. The Balaban J connectivity index is 0.00000225. The fourth-order valence-corrected chi connectivity index (χ4v) is 5.48. The van der Waals surface area contributed by atoms with Crippen LogP contribution in [-0.4, -0.2) is 35.8 Å². The molecule has 1 aromatic carbocycles. The second kappa shape index (κ2) is 8.83. The van der Waals surface area contributed by atoms with E-state index in [1.54, 1.807) is 0 Å². The standard InChI is InChI=1S/C22H31N3O2.ClH/c1-25(18-5-3-2-4-6-18)22(27)14-9-11-17(12-10-14)24-21(26)19-15-7-8-16(13-15)20(19)23;/h9-12,15-16,18-20H,2-8,13,23H2,1H3,(H,24,26);1H. The van der Waals surface area contributed by atoms with E-state index in [1.807, 2.05) is 36.2 Å². The molecule has 6 heteroatoms. The van der Waals surface area contributed by atoms with Gasteiger partial charge in [0.25, 0.3) is 5.91 Å². The number of hydrogen-bond donors (Lipinski definition) is 2. The molecule has 3 saturated carbocycles. The molecule has 0 saturated heterocycles. The van der Waals surface area contributed by atoms with Gasteiger partial charge in [-0.3, -0.25) is 9.59 Å². The lowest BCUT2D eigenvalue weighted by molar-refractivity contribution is -0.121. The first kappa shape index (κ1) is 21.1. The molecule has 0 radical (unpaired) electrons. The molecule has 5 nitrogen and oxygen atoms in total. The van der Waals surface area contributed by atoms with E-state index in [0.717, 1.165) is 31.4 Å². The summed E-state index contributed by atoms with van der Waals surface area (Å²) in [4.78, 5) is 27.3. The maximum Gasteiger partial charge on any atom is 0.253 e. The maximum absolute atomic E-state index is 12.7. The summed E-state index contributed by atoms with van der Waals surface area (Å²) in [5.74, 6) is 0.988. The smallest absolute Gasteiger partial charge is 0.253 e. The third-order valence-corrected chi connectivity index (χ3v) is 7.13. The summed E-state index contributed by atoms with van der Waals surface area (Å²) in [7, 11) is 1.91. The minimum atomic E-state index is -0.0671. The highest BCUT2D eigenvalue weighted by Crippen LogP contribution is 2.47. The molecule has 2 amide bonds. The van der Waals surface area contributed by atoms with E-state index in [2.05, 4.69) is 5.32 Å². The lowest BCUT2D eigenvalue weighted by Gasteiger charge is -2.31. The molecule has 0 aliphatic heterocycles. The molecular weight excluding hydrogens is 374 g/mol. The highest BCUT2D eigenvalue weighted by Gasteiger charge is 2.49. The van der Waals surface area contributed by atoms with Crippen molar-refractivity contribution in [2.24, 2.45) is 23.5 Å². The van der Waals surface area contributed by atoms with Crippen molar-refractivity contribution in [1.82, 2.24) is 4.90 Å². The van der Waals surface area contributed by atoms with Crippen LogP contribution in [0.2, 0.25) is 0 Å². The Bertz CT molecular complexity index is 700. The van der Waals surface area contributed by atoms with Crippen LogP contribution >= 0.6 is 12.4 Å². The molecule has 1 aromatic rings. The average Bonchev–Trinajstić information content (AvgIpc) is 3.29. The van der Waals surface area contributed by atoms with E-state index in [0.29, 0.717) is 23.4 Å². The molecule has 2 bridgehead atoms. The SMILES string of the molecule is CN(C(=O)c1ccc(NC(=O)C2C3CCC(C3)C2N)cc1)C1CCCCC1.Cl. The van der Waals surface area contributed by atoms with Gasteiger partial charge in [-0.1, -0.05) is 19.3 Å². The zero-order valence-corrected chi connectivity index (χ0v) is 17.4. The first-order chi connectivity index (χ1) is 13.0. The number of hydrogen-bond acceptors (Lipinski definition) is 3. The first-order valence-electron chi connectivity index (χ1n) is 10.5. The average molecular weight is 406 g/mol. The second-order valence-corrected chi connectivity index (χ2v) is 8.71. The number of anilines is 1. The quantitative estimate of drug-likeness (QED) is 0.799. The number of nitrogens with zero attached hydrogens (tertiary/aromatic N) is 1. The van der Waals surface area contributed by atoms with Gasteiger partial charge in [0.05, 0.1) is 5.92 Å². The van der Waals surface area contributed by atoms with Gasteiger partial charge >= 0.3 is 0 Å². The Hall–Kier alpha value is -1.59. The number of carbonyl (C=O) groups excluding carboxylic acids is 2. The van der Waals surface area contributed by atoms with Gasteiger partial charge in [0.2, 0.25) is 5.91 Å². The fourth-order valence-electron chi connectivity index (χ4n) is 5.48. The van der Waals surface area contributed by atoms with Crippen LogP contribution in [0.15, 0.2) is 24.3 Å². The van der Waals surface area contributed by atoms with Gasteiger partial charge in [-0.15, -0.1) is 12.4 Å². The summed E-state index contributed by atoms with van der Waals surface area (Å²) in [5, 5.41) is 3.01. The van der Waals surface area contributed by atoms with Gasteiger partial charge in [-0.05, 0) is 68.2 Å². The molecule has 3 fully saturated rings. The summed E-state index contributed by atoms with van der Waals surface area (Å²) < 4.78 is 0. The topological polar surface area (TPSA) is 75.4 Å². The van der Waals surface area contributed by atoms with Crippen LogP contribution in [-0.2, 0) is 4.79 Å². The van der Waals surface area contributed by atoms with Crippen molar-refractivity contribution >= 4 is 29.9 Å². The maximum atomic E-state index is 12.7. The van der Waals surface area contributed by atoms with Gasteiger partial charge < -0.3 is 16.0 Å². The van der Waals surface area contributed by atoms with Crippen LogP contribution in [0.3, 0.4) is 0 Å². The summed E-state index contributed by atoms with van der Waals surface area (Å²) in [6.07, 6.45) is 9.27. The van der Waals surface area contributed by atoms with Crippen molar-refractivity contribution in [2.45, 2.75) is 63.5 Å². The number of amides is 2. The van der Waals surface area contributed by atoms with Gasteiger partial charge in [0.1, 0.15) is 0 Å². The number of nitrogens with one attached hydrogen (secondary N) is 1. The van der Waals surface area contributed by atoms with E-state index in [-0.39, 0.29) is 36.2 Å². The van der Waals surface area contributed by atoms with E-state index in [9.17, 15) is 9.59 Å². The Morgan fingerprint density at radius 3 is 2.25 bits per heavy atom. The normalized spacial score (nSPS) is 29.2. The molecule has 3 aliphatic rings. The molecule has 4 rings (SSSR count). The van der Waals surface area contributed by atoms with Crippen LogP contribution in [0.25, 0.3) is 0 Å².